The summed E-state index contributed by atoms with van der Waals surface area (Å²) >= 11 is 1.95. The fraction of sp³-hybridized carbons (Fsp3) is 0.333. The van der Waals surface area contributed by atoms with Gasteiger partial charge in [-0.3, -0.25) is 0 Å². The van der Waals surface area contributed by atoms with E-state index in [-0.39, 0.29) is 0 Å². The minimum absolute atomic E-state index is 0.663. The molecular formula is C12H16N2S. The lowest BCUT2D eigenvalue weighted by Crippen LogP contribution is -1.88. The van der Waals surface area contributed by atoms with E-state index in [0.717, 1.165) is 11.4 Å². The average molecular weight is 220 g/mol. The number of aromatic amines is 1. The third-order valence-corrected chi connectivity index (χ3v) is 3.51. The molecule has 0 atom stereocenters. The summed E-state index contributed by atoms with van der Waals surface area (Å²) in [5, 5.41) is 1.92. The summed E-state index contributed by atoms with van der Waals surface area (Å²) in [6.07, 6.45) is 2.08. The lowest BCUT2D eigenvalue weighted by atomic mass is 10.2. The molecule has 0 saturated carbocycles. The number of fused-ring (bicyclic) bond motifs is 1. The van der Waals surface area contributed by atoms with Crippen LogP contribution < -0.4 is 5.73 Å². The van der Waals surface area contributed by atoms with Crippen molar-refractivity contribution in [3.05, 3.63) is 30.0 Å². The topological polar surface area (TPSA) is 41.8 Å². The molecule has 0 aliphatic rings. The zero-order valence-corrected chi connectivity index (χ0v) is 9.90. The monoisotopic (exact) mass is 220 g/mol. The van der Waals surface area contributed by atoms with E-state index >= 15 is 0 Å². The summed E-state index contributed by atoms with van der Waals surface area (Å²) in [7, 11) is 0. The van der Waals surface area contributed by atoms with Crippen molar-refractivity contribution in [2.45, 2.75) is 24.9 Å². The molecule has 0 unspecified atom stereocenters. The van der Waals surface area contributed by atoms with Gasteiger partial charge in [0.25, 0.3) is 0 Å². The molecule has 1 heterocycles. The zero-order valence-electron chi connectivity index (χ0n) is 9.08. The Labute approximate surface area is 94.2 Å². The molecule has 0 aliphatic heterocycles. The highest BCUT2D eigenvalue weighted by Gasteiger charge is 2.04. The highest BCUT2D eigenvalue weighted by molar-refractivity contribution is 7.99. The highest BCUT2D eigenvalue weighted by atomic mass is 32.2. The molecule has 1 aromatic heterocycles. The van der Waals surface area contributed by atoms with Crippen LogP contribution in [0.5, 0.6) is 0 Å². The maximum Gasteiger partial charge on any atom is 0.0458 e. The van der Waals surface area contributed by atoms with Crippen LogP contribution in [0.4, 0.5) is 5.69 Å². The van der Waals surface area contributed by atoms with Crippen LogP contribution in [0.2, 0.25) is 0 Å². The van der Waals surface area contributed by atoms with Crippen molar-refractivity contribution < 1.29 is 0 Å². The van der Waals surface area contributed by atoms with Gasteiger partial charge in [-0.25, -0.2) is 0 Å². The summed E-state index contributed by atoms with van der Waals surface area (Å²) in [6, 6.07) is 6.01. The molecule has 80 valence electrons. The summed E-state index contributed by atoms with van der Waals surface area (Å²) in [5.41, 5.74) is 9.13. The summed E-state index contributed by atoms with van der Waals surface area (Å²) in [4.78, 5) is 3.27. The highest BCUT2D eigenvalue weighted by Crippen LogP contribution is 2.25. The average Bonchev–Trinajstić information content (AvgIpc) is 2.57. The first kappa shape index (κ1) is 10.4. The van der Waals surface area contributed by atoms with Gasteiger partial charge < -0.3 is 10.7 Å². The van der Waals surface area contributed by atoms with Crippen molar-refractivity contribution in [3.8, 4) is 0 Å². The van der Waals surface area contributed by atoms with Crippen LogP contribution in [0.25, 0.3) is 10.9 Å². The molecule has 2 nitrogen and oxygen atoms in total. The second-order valence-corrected chi connectivity index (χ2v) is 5.54. The minimum Gasteiger partial charge on any atom is -0.399 e. The maximum absolute atomic E-state index is 5.79. The van der Waals surface area contributed by atoms with Crippen LogP contribution in [0.1, 0.15) is 19.4 Å². The molecule has 0 radical (unpaired) electrons. The van der Waals surface area contributed by atoms with Crippen LogP contribution in [0.3, 0.4) is 0 Å². The Morgan fingerprint density at radius 1 is 1.40 bits per heavy atom. The molecule has 2 rings (SSSR count). The Bertz CT molecular complexity index is 460. The van der Waals surface area contributed by atoms with E-state index in [1.807, 2.05) is 30.0 Å². The van der Waals surface area contributed by atoms with Crippen LogP contribution in [-0.2, 0) is 5.75 Å². The van der Waals surface area contributed by atoms with E-state index in [0.29, 0.717) is 5.25 Å². The number of nitrogens with two attached hydrogens (primary N) is 1. The predicted octanol–water partition coefficient (Wildman–Crippen LogP) is 3.39. The molecule has 2 aromatic rings. The second kappa shape index (κ2) is 4.19. The van der Waals surface area contributed by atoms with Crippen LogP contribution in [0, 0.1) is 0 Å². The Morgan fingerprint density at radius 2 is 2.20 bits per heavy atom. The molecule has 1 aromatic carbocycles. The van der Waals surface area contributed by atoms with Gasteiger partial charge in [-0.15, -0.1) is 0 Å². The number of thioether (sulfide) groups is 1. The Hall–Kier alpha value is -1.09. The molecule has 15 heavy (non-hydrogen) atoms. The smallest absolute Gasteiger partial charge is 0.0458 e. The first-order valence-electron chi connectivity index (χ1n) is 5.14. The van der Waals surface area contributed by atoms with Gasteiger partial charge in [-0.1, -0.05) is 13.8 Å². The van der Waals surface area contributed by atoms with Crippen LogP contribution in [-0.4, -0.2) is 10.2 Å². The summed E-state index contributed by atoms with van der Waals surface area (Å²) < 4.78 is 0. The van der Waals surface area contributed by atoms with E-state index in [4.69, 9.17) is 5.73 Å². The number of anilines is 1. The lowest BCUT2D eigenvalue weighted by Gasteiger charge is -2.03. The van der Waals surface area contributed by atoms with Crippen LogP contribution >= 0.6 is 11.8 Å². The maximum atomic E-state index is 5.79. The summed E-state index contributed by atoms with van der Waals surface area (Å²) in [5.74, 6) is 1.04. The van der Waals surface area contributed by atoms with Crippen molar-refractivity contribution in [2.24, 2.45) is 0 Å². The first-order valence-corrected chi connectivity index (χ1v) is 6.19. The van der Waals surface area contributed by atoms with Crippen molar-refractivity contribution in [1.29, 1.82) is 0 Å². The fourth-order valence-electron chi connectivity index (χ4n) is 1.57. The number of hydrogen-bond acceptors (Lipinski definition) is 2. The van der Waals surface area contributed by atoms with E-state index in [2.05, 4.69) is 25.0 Å². The Kier molecular flexibility index (Phi) is 2.91. The lowest BCUT2D eigenvalue weighted by molar-refractivity contribution is 1.11. The third kappa shape index (κ3) is 2.29. The predicted molar refractivity (Wildman–Crippen MR) is 69.1 cm³/mol. The molecule has 0 aliphatic carbocycles. The molecule has 0 spiro atoms. The number of nitrogen functional groups attached to an aromatic ring is 1. The molecular weight excluding hydrogens is 204 g/mol. The van der Waals surface area contributed by atoms with E-state index in [1.54, 1.807) is 0 Å². The van der Waals surface area contributed by atoms with Crippen molar-refractivity contribution in [1.82, 2.24) is 4.98 Å². The summed E-state index contributed by atoms with van der Waals surface area (Å²) in [6.45, 7) is 4.43. The van der Waals surface area contributed by atoms with Gasteiger partial charge in [-0.05, 0) is 29.0 Å². The van der Waals surface area contributed by atoms with E-state index in [1.165, 1.54) is 16.5 Å². The van der Waals surface area contributed by atoms with Gasteiger partial charge >= 0.3 is 0 Å². The van der Waals surface area contributed by atoms with Crippen molar-refractivity contribution >= 4 is 28.4 Å². The molecule has 0 fully saturated rings. The number of H-pyrrole nitrogens is 1. The fourth-order valence-corrected chi connectivity index (χ4v) is 2.32. The molecule has 3 N–H and O–H groups in total. The number of benzene rings is 1. The molecule has 0 amide bonds. The van der Waals surface area contributed by atoms with Crippen molar-refractivity contribution in [3.63, 3.8) is 0 Å². The normalized spacial score (nSPS) is 11.4. The standard InChI is InChI=1S/C12H16N2S/c1-8(2)15-7-9-6-14-12-4-3-10(13)5-11(9)12/h3-6,8,14H,7,13H2,1-2H3. The SMILES string of the molecule is CC(C)SCc1c[nH]c2ccc(N)cc12. The van der Waals surface area contributed by atoms with E-state index in [9.17, 15) is 0 Å². The number of rotatable bonds is 3. The van der Waals surface area contributed by atoms with Gasteiger partial charge in [-0.2, -0.15) is 11.8 Å². The number of nitrogens with one attached hydrogen (secondary N) is 1. The Balaban J connectivity index is 2.31. The zero-order chi connectivity index (χ0) is 10.8. The third-order valence-electron chi connectivity index (χ3n) is 2.36. The minimum atomic E-state index is 0.663. The Morgan fingerprint density at radius 3 is 2.93 bits per heavy atom. The van der Waals surface area contributed by atoms with Gasteiger partial charge in [0.2, 0.25) is 0 Å². The van der Waals surface area contributed by atoms with Gasteiger partial charge in [0.1, 0.15) is 0 Å². The number of aromatic nitrogens is 1. The molecule has 0 bridgehead atoms. The second-order valence-electron chi connectivity index (χ2n) is 3.98. The van der Waals surface area contributed by atoms with Crippen LogP contribution in [0.15, 0.2) is 24.4 Å². The quantitative estimate of drug-likeness (QED) is 0.778. The molecule has 3 heteroatoms. The molecule has 0 saturated heterocycles. The van der Waals surface area contributed by atoms with Gasteiger partial charge in [0.15, 0.2) is 0 Å². The number of hydrogen-bond donors (Lipinski definition) is 2. The van der Waals surface area contributed by atoms with Gasteiger partial charge in [0.05, 0.1) is 0 Å². The van der Waals surface area contributed by atoms with Crippen molar-refractivity contribution in [2.75, 3.05) is 5.73 Å². The first-order chi connectivity index (χ1) is 7.16. The largest absolute Gasteiger partial charge is 0.399 e. The van der Waals surface area contributed by atoms with E-state index < -0.39 is 0 Å². The van der Waals surface area contributed by atoms with Gasteiger partial charge in [0, 0.05) is 28.5 Å².